The molecule has 0 fully saturated rings. The maximum atomic E-state index is 12.0. The monoisotopic (exact) mass is 254 g/mol. The Hall–Kier alpha value is -2.05. The highest BCUT2D eigenvalue weighted by Crippen LogP contribution is 2.15. The third kappa shape index (κ3) is 2.79. The van der Waals surface area contributed by atoms with Gasteiger partial charge in [-0.05, 0) is 20.8 Å². The minimum absolute atomic E-state index is 0.239. The van der Waals surface area contributed by atoms with Gasteiger partial charge in [-0.15, -0.1) is 0 Å². The Morgan fingerprint density at radius 3 is 2.61 bits per heavy atom. The second-order valence-electron chi connectivity index (χ2n) is 3.92. The summed E-state index contributed by atoms with van der Waals surface area (Å²) in [5.74, 6) is -0.931. The van der Waals surface area contributed by atoms with Crippen molar-refractivity contribution in [1.29, 1.82) is 0 Å². The molecule has 7 nitrogen and oxygen atoms in total. The molecule has 1 amide bonds. The molecule has 1 aromatic rings. The Bertz CT molecular complexity index is 467. The van der Waals surface area contributed by atoms with Crippen molar-refractivity contribution < 1.29 is 14.3 Å². The third-order valence-electron chi connectivity index (χ3n) is 2.47. The summed E-state index contributed by atoms with van der Waals surface area (Å²) >= 11 is 0. The fourth-order valence-electron chi connectivity index (χ4n) is 1.53. The molecule has 0 aromatic carbocycles. The van der Waals surface area contributed by atoms with Gasteiger partial charge in [-0.2, -0.15) is 5.10 Å². The molecular weight excluding hydrogens is 236 g/mol. The number of aryl methyl sites for hydroxylation is 2. The van der Waals surface area contributed by atoms with Crippen LogP contribution < -0.4 is 11.1 Å². The van der Waals surface area contributed by atoms with Gasteiger partial charge in [0.1, 0.15) is 11.7 Å². The van der Waals surface area contributed by atoms with Crippen molar-refractivity contribution in [2.24, 2.45) is 7.05 Å². The van der Waals surface area contributed by atoms with Gasteiger partial charge in [-0.3, -0.25) is 9.48 Å². The van der Waals surface area contributed by atoms with Gasteiger partial charge in [0, 0.05) is 7.05 Å². The molecule has 0 aliphatic heterocycles. The SMILES string of the molecule is CCOC(=O)C(C)NC(=O)c1c(N)c(C)nn1C. The van der Waals surface area contributed by atoms with Crippen LogP contribution in [0, 0.1) is 6.92 Å². The number of hydrogen-bond acceptors (Lipinski definition) is 5. The van der Waals surface area contributed by atoms with Crippen LogP contribution in [-0.2, 0) is 16.6 Å². The lowest BCUT2D eigenvalue weighted by molar-refractivity contribution is -0.144. The number of anilines is 1. The number of carbonyl (C=O) groups is 2. The Labute approximate surface area is 105 Å². The Morgan fingerprint density at radius 2 is 2.17 bits per heavy atom. The fourth-order valence-corrected chi connectivity index (χ4v) is 1.53. The van der Waals surface area contributed by atoms with Crippen LogP contribution in [0.25, 0.3) is 0 Å². The van der Waals surface area contributed by atoms with Gasteiger partial charge in [0.25, 0.3) is 5.91 Å². The third-order valence-corrected chi connectivity index (χ3v) is 2.47. The molecule has 1 aromatic heterocycles. The predicted octanol–water partition coefficient (Wildman–Crippen LogP) is -0.00788. The molecule has 0 saturated carbocycles. The lowest BCUT2D eigenvalue weighted by Crippen LogP contribution is -2.40. The minimum Gasteiger partial charge on any atom is -0.464 e. The predicted molar refractivity (Wildman–Crippen MR) is 65.9 cm³/mol. The molecule has 100 valence electrons. The molecule has 18 heavy (non-hydrogen) atoms. The number of nitrogens with two attached hydrogens (primary N) is 1. The van der Waals surface area contributed by atoms with Crippen molar-refractivity contribution in [3.8, 4) is 0 Å². The highest BCUT2D eigenvalue weighted by molar-refractivity contribution is 5.99. The van der Waals surface area contributed by atoms with Crippen molar-refractivity contribution >= 4 is 17.6 Å². The normalized spacial score (nSPS) is 12.0. The van der Waals surface area contributed by atoms with Crippen molar-refractivity contribution in [2.75, 3.05) is 12.3 Å². The van der Waals surface area contributed by atoms with Gasteiger partial charge in [0.15, 0.2) is 0 Å². The minimum atomic E-state index is -0.730. The molecule has 0 aliphatic carbocycles. The van der Waals surface area contributed by atoms with E-state index in [1.54, 1.807) is 27.8 Å². The number of hydrogen-bond donors (Lipinski definition) is 2. The van der Waals surface area contributed by atoms with E-state index >= 15 is 0 Å². The zero-order chi connectivity index (χ0) is 13.9. The molecule has 0 saturated heterocycles. The van der Waals surface area contributed by atoms with Crippen LogP contribution in [0.4, 0.5) is 5.69 Å². The maximum absolute atomic E-state index is 12.0. The molecule has 0 bridgehead atoms. The van der Waals surface area contributed by atoms with Crippen LogP contribution in [0.15, 0.2) is 0 Å². The van der Waals surface area contributed by atoms with Crippen LogP contribution in [-0.4, -0.2) is 34.3 Å². The Balaban J connectivity index is 2.80. The van der Waals surface area contributed by atoms with Gasteiger partial charge in [-0.25, -0.2) is 4.79 Å². The number of aromatic nitrogens is 2. The number of carbonyl (C=O) groups excluding carboxylic acids is 2. The summed E-state index contributed by atoms with van der Waals surface area (Å²) in [6, 6.07) is -0.730. The van der Waals surface area contributed by atoms with Crippen LogP contribution >= 0.6 is 0 Å². The van der Waals surface area contributed by atoms with Crippen LogP contribution in [0.1, 0.15) is 30.0 Å². The van der Waals surface area contributed by atoms with E-state index in [2.05, 4.69) is 10.4 Å². The van der Waals surface area contributed by atoms with Crippen molar-refractivity contribution in [1.82, 2.24) is 15.1 Å². The van der Waals surface area contributed by atoms with E-state index in [1.165, 1.54) is 4.68 Å². The van der Waals surface area contributed by atoms with Gasteiger partial charge in [0.05, 0.1) is 18.0 Å². The number of nitrogens with zero attached hydrogens (tertiary/aromatic N) is 2. The first-order chi connectivity index (χ1) is 8.38. The number of ether oxygens (including phenoxy) is 1. The molecule has 0 aliphatic rings. The van der Waals surface area contributed by atoms with Crippen LogP contribution in [0.2, 0.25) is 0 Å². The Kier molecular flexibility index (Phi) is 4.30. The highest BCUT2D eigenvalue weighted by Gasteiger charge is 2.22. The summed E-state index contributed by atoms with van der Waals surface area (Å²) in [6.45, 7) is 5.23. The van der Waals surface area contributed by atoms with E-state index in [4.69, 9.17) is 10.5 Å². The largest absolute Gasteiger partial charge is 0.464 e. The second kappa shape index (κ2) is 5.52. The van der Waals surface area contributed by atoms with E-state index in [0.29, 0.717) is 11.4 Å². The standard InChI is InChI=1S/C11H18N4O3/c1-5-18-11(17)7(3)13-10(16)9-8(12)6(2)14-15(9)4/h7H,5,12H2,1-4H3,(H,13,16). The number of rotatable bonds is 4. The summed E-state index contributed by atoms with van der Waals surface area (Å²) < 4.78 is 6.19. The van der Waals surface area contributed by atoms with Gasteiger partial charge < -0.3 is 15.8 Å². The number of nitrogens with one attached hydrogen (secondary N) is 1. The first-order valence-corrected chi connectivity index (χ1v) is 5.65. The van der Waals surface area contributed by atoms with Gasteiger partial charge in [-0.1, -0.05) is 0 Å². The maximum Gasteiger partial charge on any atom is 0.328 e. The van der Waals surface area contributed by atoms with E-state index in [0.717, 1.165) is 0 Å². The number of esters is 1. The van der Waals surface area contributed by atoms with E-state index in [1.807, 2.05) is 0 Å². The molecule has 1 atom stereocenters. The van der Waals surface area contributed by atoms with Crippen LogP contribution in [0.3, 0.4) is 0 Å². The first kappa shape index (κ1) is 14.0. The van der Waals surface area contributed by atoms with Crippen molar-refractivity contribution in [3.63, 3.8) is 0 Å². The zero-order valence-corrected chi connectivity index (χ0v) is 11.0. The second-order valence-corrected chi connectivity index (χ2v) is 3.92. The van der Waals surface area contributed by atoms with Crippen LogP contribution in [0.5, 0.6) is 0 Å². The summed E-state index contributed by atoms with van der Waals surface area (Å²) in [5.41, 5.74) is 6.88. The quantitative estimate of drug-likeness (QED) is 0.736. The van der Waals surface area contributed by atoms with E-state index < -0.39 is 17.9 Å². The summed E-state index contributed by atoms with van der Waals surface area (Å²) in [6.07, 6.45) is 0. The smallest absolute Gasteiger partial charge is 0.328 e. The fraction of sp³-hybridized carbons (Fsp3) is 0.545. The zero-order valence-electron chi connectivity index (χ0n) is 11.0. The first-order valence-electron chi connectivity index (χ1n) is 5.65. The molecule has 1 rings (SSSR count). The average Bonchev–Trinajstić information content (AvgIpc) is 2.53. The topological polar surface area (TPSA) is 99.2 Å². The summed E-state index contributed by atoms with van der Waals surface area (Å²) in [7, 11) is 1.62. The lowest BCUT2D eigenvalue weighted by Gasteiger charge is -2.12. The number of amides is 1. The van der Waals surface area contributed by atoms with Gasteiger partial charge in [0.2, 0.25) is 0 Å². The molecule has 3 N–H and O–H groups in total. The molecule has 0 spiro atoms. The van der Waals surface area contributed by atoms with Gasteiger partial charge >= 0.3 is 5.97 Å². The Morgan fingerprint density at radius 1 is 1.56 bits per heavy atom. The summed E-state index contributed by atoms with van der Waals surface area (Å²) in [5, 5.41) is 6.56. The van der Waals surface area contributed by atoms with Crippen molar-refractivity contribution in [2.45, 2.75) is 26.8 Å². The average molecular weight is 254 g/mol. The molecule has 1 unspecified atom stereocenters. The summed E-state index contributed by atoms with van der Waals surface area (Å²) in [4.78, 5) is 23.4. The molecule has 0 radical (unpaired) electrons. The van der Waals surface area contributed by atoms with E-state index in [9.17, 15) is 9.59 Å². The lowest BCUT2D eigenvalue weighted by atomic mass is 10.2. The molecule has 1 heterocycles. The highest BCUT2D eigenvalue weighted by atomic mass is 16.5. The molecular formula is C11H18N4O3. The van der Waals surface area contributed by atoms with Crippen molar-refractivity contribution in [3.05, 3.63) is 11.4 Å². The number of nitrogen functional groups attached to an aromatic ring is 1. The van der Waals surface area contributed by atoms with E-state index in [-0.39, 0.29) is 12.3 Å². The molecule has 7 heteroatoms.